The fourth-order valence-corrected chi connectivity index (χ4v) is 5.42. The van der Waals surface area contributed by atoms with E-state index >= 15 is 0 Å². The number of aromatic nitrogens is 5. The van der Waals surface area contributed by atoms with Crippen molar-refractivity contribution in [3.8, 4) is 17.8 Å². The summed E-state index contributed by atoms with van der Waals surface area (Å²) in [6, 6.07) is 16.6. The highest BCUT2D eigenvalue weighted by atomic mass is 19.1. The molecule has 11 nitrogen and oxygen atoms in total. The van der Waals surface area contributed by atoms with Gasteiger partial charge in [-0.1, -0.05) is 12.1 Å². The molecule has 0 bridgehead atoms. The monoisotopic (exact) mass is 579 g/mol. The SMILES string of the molecule is N#Cc1ccc(COc2cccc(-n3cc4c(n3)CN(Cc3nc5ccc(C(=O)O)cc5n3CC3COC3)C4)n2)c(F)c1. The van der Waals surface area contributed by atoms with Crippen molar-refractivity contribution in [3.05, 3.63) is 100 Å². The Kier molecular flexibility index (Phi) is 6.81. The van der Waals surface area contributed by atoms with Gasteiger partial charge in [0.1, 0.15) is 18.2 Å². The van der Waals surface area contributed by atoms with E-state index in [9.17, 15) is 14.3 Å². The molecule has 0 radical (unpaired) electrons. The van der Waals surface area contributed by atoms with Crippen LogP contribution in [-0.2, 0) is 37.5 Å². The smallest absolute Gasteiger partial charge is 0.335 e. The summed E-state index contributed by atoms with van der Waals surface area (Å²) in [7, 11) is 0. The molecule has 216 valence electrons. The van der Waals surface area contributed by atoms with E-state index < -0.39 is 11.8 Å². The van der Waals surface area contributed by atoms with Crippen molar-refractivity contribution < 1.29 is 23.8 Å². The minimum absolute atomic E-state index is 0.0191. The second kappa shape index (κ2) is 10.9. The van der Waals surface area contributed by atoms with Crippen molar-refractivity contribution in [2.45, 2.75) is 32.8 Å². The van der Waals surface area contributed by atoms with Gasteiger partial charge in [-0.25, -0.2) is 18.9 Å². The van der Waals surface area contributed by atoms with E-state index in [1.807, 2.05) is 18.3 Å². The van der Waals surface area contributed by atoms with Crippen LogP contribution in [0.3, 0.4) is 0 Å². The Morgan fingerprint density at radius 3 is 2.77 bits per heavy atom. The van der Waals surface area contributed by atoms with Gasteiger partial charge in [0.15, 0.2) is 5.82 Å². The van der Waals surface area contributed by atoms with Gasteiger partial charge in [-0.3, -0.25) is 4.90 Å². The van der Waals surface area contributed by atoms with Gasteiger partial charge < -0.3 is 19.1 Å². The van der Waals surface area contributed by atoms with E-state index in [1.54, 1.807) is 41.1 Å². The minimum Gasteiger partial charge on any atom is -0.478 e. The number of imidazole rings is 1. The van der Waals surface area contributed by atoms with E-state index in [4.69, 9.17) is 24.8 Å². The van der Waals surface area contributed by atoms with Crippen LogP contribution in [0.25, 0.3) is 16.9 Å². The molecular formula is C31H26FN7O4. The van der Waals surface area contributed by atoms with Crippen LogP contribution in [0.4, 0.5) is 4.39 Å². The lowest BCUT2D eigenvalue weighted by Crippen LogP contribution is -2.32. The molecule has 0 atom stereocenters. The van der Waals surface area contributed by atoms with Crippen molar-refractivity contribution >= 4 is 17.0 Å². The summed E-state index contributed by atoms with van der Waals surface area (Å²) in [5.74, 6) is 0.710. The molecule has 0 spiro atoms. The Bertz CT molecular complexity index is 1880. The number of benzene rings is 2. The highest BCUT2D eigenvalue weighted by Crippen LogP contribution is 2.28. The number of halogens is 1. The van der Waals surface area contributed by atoms with Crippen LogP contribution in [0.5, 0.6) is 5.88 Å². The zero-order valence-electron chi connectivity index (χ0n) is 23.0. The van der Waals surface area contributed by atoms with Crippen LogP contribution in [-0.4, -0.2) is 53.5 Å². The third-order valence-electron chi connectivity index (χ3n) is 7.73. The van der Waals surface area contributed by atoms with Gasteiger partial charge in [0.2, 0.25) is 5.88 Å². The molecule has 2 aliphatic heterocycles. The van der Waals surface area contributed by atoms with Gasteiger partial charge in [0.25, 0.3) is 0 Å². The van der Waals surface area contributed by atoms with Crippen LogP contribution < -0.4 is 4.74 Å². The van der Waals surface area contributed by atoms with Crippen LogP contribution >= 0.6 is 0 Å². The number of hydrogen-bond acceptors (Lipinski definition) is 8. The van der Waals surface area contributed by atoms with E-state index in [2.05, 4.69) is 14.5 Å². The zero-order chi connectivity index (χ0) is 29.5. The molecule has 1 fully saturated rings. The Labute approximate surface area is 245 Å². The molecule has 1 saturated heterocycles. The molecule has 0 saturated carbocycles. The first-order chi connectivity index (χ1) is 20.9. The minimum atomic E-state index is -0.961. The Morgan fingerprint density at radius 2 is 2.02 bits per heavy atom. The van der Waals surface area contributed by atoms with Gasteiger partial charge in [-0.15, -0.1) is 0 Å². The summed E-state index contributed by atoms with van der Waals surface area (Å²) in [6.07, 6.45) is 1.95. The van der Waals surface area contributed by atoms with Crippen LogP contribution in [0.1, 0.15) is 38.6 Å². The number of fused-ring (bicyclic) bond motifs is 2. The summed E-state index contributed by atoms with van der Waals surface area (Å²) in [5.41, 5.74) is 4.44. The maximum absolute atomic E-state index is 14.2. The summed E-state index contributed by atoms with van der Waals surface area (Å²) < 4.78 is 29.2. The number of aromatic carboxylic acids is 1. The maximum Gasteiger partial charge on any atom is 0.335 e. The topological polar surface area (TPSA) is 131 Å². The molecule has 0 unspecified atom stereocenters. The number of ether oxygens (including phenoxy) is 2. The van der Waals surface area contributed by atoms with E-state index in [0.29, 0.717) is 56.0 Å². The molecule has 7 rings (SSSR count). The predicted octanol–water partition coefficient (Wildman–Crippen LogP) is 4.07. The second-order valence-corrected chi connectivity index (χ2v) is 10.8. The molecule has 0 amide bonds. The standard InChI is InChI=1S/C31H26FN7O4/c32-24-8-19(10-33)4-5-22(24)18-43-30-3-1-2-28(35-30)39-13-23-12-37(14-26(23)36-39)15-29-34-25-7-6-21(31(40)41)9-27(25)38(29)11-20-16-42-17-20/h1-9,13,20H,11-12,14-18H2,(H,40,41). The average molecular weight is 580 g/mol. The van der Waals surface area contributed by atoms with Crippen molar-refractivity contribution in [3.63, 3.8) is 0 Å². The maximum atomic E-state index is 14.2. The number of carboxylic acids is 1. The van der Waals surface area contributed by atoms with Gasteiger partial charge in [-0.2, -0.15) is 15.3 Å². The number of hydrogen-bond donors (Lipinski definition) is 1. The van der Waals surface area contributed by atoms with Crippen LogP contribution in [0.15, 0.2) is 60.8 Å². The molecule has 12 heteroatoms. The first-order valence-electron chi connectivity index (χ1n) is 13.8. The number of nitrogens with zero attached hydrogens (tertiary/aromatic N) is 7. The van der Waals surface area contributed by atoms with Crippen molar-refractivity contribution in [1.29, 1.82) is 5.26 Å². The first-order valence-corrected chi connectivity index (χ1v) is 13.8. The quantitative estimate of drug-likeness (QED) is 0.275. The molecule has 5 heterocycles. The lowest BCUT2D eigenvalue weighted by molar-refractivity contribution is -0.0394. The lowest BCUT2D eigenvalue weighted by atomic mass is 10.1. The van der Waals surface area contributed by atoms with Gasteiger partial charge in [-0.05, 0) is 36.4 Å². The van der Waals surface area contributed by atoms with Crippen LogP contribution in [0, 0.1) is 23.1 Å². The molecule has 2 aliphatic rings. The van der Waals surface area contributed by atoms with Gasteiger partial charge >= 0.3 is 5.97 Å². The Hall–Kier alpha value is -5.12. The summed E-state index contributed by atoms with van der Waals surface area (Å²) in [6.45, 7) is 3.98. The third kappa shape index (κ3) is 5.31. The molecule has 3 aromatic heterocycles. The number of carbonyl (C=O) groups is 1. The van der Waals surface area contributed by atoms with E-state index in [1.165, 1.54) is 12.1 Å². The highest BCUT2D eigenvalue weighted by molar-refractivity contribution is 5.92. The van der Waals surface area contributed by atoms with E-state index in [-0.39, 0.29) is 17.7 Å². The number of rotatable bonds is 9. The number of pyridine rings is 1. The summed E-state index contributed by atoms with van der Waals surface area (Å²) in [5, 5.41) is 23.2. The molecule has 0 aliphatic carbocycles. The van der Waals surface area contributed by atoms with Crippen molar-refractivity contribution in [2.24, 2.45) is 5.92 Å². The first kappa shape index (κ1) is 26.8. The van der Waals surface area contributed by atoms with Gasteiger partial charge in [0.05, 0.1) is 53.7 Å². The molecule has 5 aromatic rings. The lowest BCUT2D eigenvalue weighted by Gasteiger charge is -2.27. The van der Waals surface area contributed by atoms with Crippen LogP contribution in [0.2, 0.25) is 0 Å². The van der Waals surface area contributed by atoms with Gasteiger partial charge in [0, 0.05) is 48.9 Å². The summed E-state index contributed by atoms with van der Waals surface area (Å²) in [4.78, 5) is 23.3. The number of nitriles is 1. The van der Waals surface area contributed by atoms with E-state index in [0.717, 1.165) is 34.7 Å². The number of carboxylic acid groups (broad SMARTS) is 1. The Balaban J connectivity index is 1.05. The molecule has 2 aromatic carbocycles. The summed E-state index contributed by atoms with van der Waals surface area (Å²) >= 11 is 0. The molecule has 43 heavy (non-hydrogen) atoms. The largest absolute Gasteiger partial charge is 0.478 e. The molecular weight excluding hydrogens is 553 g/mol. The third-order valence-corrected chi connectivity index (χ3v) is 7.73. The Morgan fingerprint density at radius 1 is 1.14 bits per heavy atom. The van der Waals surface area contributed by atoms with Crippen molar-refractivity contribution in [1.82, 2.24) is 29.2 Å². The average Bonchev–Trinajstić information content (AvgIpc) is 3.65. The molecule has 1 N–H and O–H groups in total. The second-order valence-electron chi connectivity index (χ2n) is 10.8. The normalized spacial score (nSPS) is 14.9. The fourth-order valence-electron chi connectivity index (χ4n) is 5.42. The predicted molar refractivity (Wildman–Crippen MR) is 151 cm³/mol. The fraction of sp³-hybridized carbons (Fsp3) is 0.258. The van der Waals surface area contributed by atoms with Crippen molar-refractivity contribution in [2.75, 3.05) is 13.2 Å². The highest BCUT2D eigenvalue weighted by Gasteiger charge is 2.27. The zero-order valence-corrected chi connectivity index (χ0v) is 23.0.